The standard InChI is InChI=1S/C9H13NO4.ClH/c1-4(11)7(10)5-2-3-6(12)9(14)8(5)13;/h2-4,7,11-14H,10H2,1H3;1H/t4-,7-;/m1./s1. The van der Waals surface area contributed by atoms with Gasteiger partial charge < -0.3 is 26.2 Å². The summed E-state index contributed by atoms with van der Waals surface area (Å²) < 4.78 is 0. The van der Waals surface area contributed by atoms with Crippen LogP contribution in [-0.2, 0) is 0 Å². The molecule has 6 heteroatoms. The Morgan fingerprint density at radius 1 is 1.13 bits per heavy atom. The highest BCUT2D eigenvalue weighted by Crippen LogP contribution is 2.39. The van der Waals surface area contributed by atoms with Gasteiger partial charge in [0.15, 0.2) is 11.5 Å². The van der Waals surface area contributed by atoms with Crippen molar-refractivity contribution in [3.8, 4) is 17.2 Å². The van der Waals surface area contributed by atoms with Crippen LogP contribution < -0.4 is 5.73 Å². The van der Waals surface area contributed by atoms with Gasteiger partial charge in [-0.15, -0.1) is 12.4 Å². The van der Waals surface area contributed by atoms with E-state index >= 15 is 0 Å². The van der Waals surface area contributed by atoms with Crippen LogP contribution in [0, 0.1) is 0 Å². The molecule has 15 heavy (non-hydrogen) atoms. The maximum atomic E-state index is 9.40. The smallest absolute Gasteiger partial charge is 0.200 e. The monoisotopic (exact) mass is 235 g/mol. The summed E-state index contributed by atoms with van der Waals surface area (Å²) in [5.41, 5.74) is 5.74. The number of halogens is 1. The number of aromatic hydroxyl groups is 3. The lowest BCUT2D eigenvalue weighted by atomic mass is 10.0. The van der Waals surface area contributed by atoms with Crippen LogP contribution in [0.4, 0.5) is 0 Å². The Balaban J connectivity index is 0.00000196. The van der Waals surface area contributed by atoms with E-state index in [1.54, 1.807) is 0 Å². The maximum Gasteiger partial charge on any atom is 0.200 e. The Morgan fingerprint density at radius 2 is 1.67 bits per heavy atom. The van der Waals surface area contributed by atoms with Crippen molar-refractivity contribution < 1.29 is 20.4 Å². The summed E-state index contributed by atoms with van der Waals surface area (Å²) in [6.45, 7) is 1.47. The van der Waals surface area contributed by atoms with Gasteiger partial charge in [0.1, 0.15) is 0 Å². The molecule has 5 nitrogen and oxygen atoms in total. The normalized spacial score (nSPS) is 14.1. The van der Waals surface area contributed by atoms with Crippen molar-refractivity contribution in [2.45, 2.75) is 19.1 Å². The summed E-state index contributed by atoms with van der Waals surface area (Å²) >= 11 is 0. The van der Waals surface area contributed by atoms with Gasteiger partial charge in [-0.25, -0.2) is 0 Å². The van der Waals surface area contributed by atoms with E-state index in [1.165, 1.54) is 19.1 Å². The Morgan fingerprint density at radius 3 is 2.13 bits per heavy atom. The van der Waals surface area contributed by atoms with Crippen LogP contribution in [0.2, 0.25) is 0 Å². The molecule has 2 atom stereocenters. The minimum absolute atomic E-state index is 0. The molecular weight excluding hydrogens is 222 g/mol. The van der Waals surface area contributed by atoms with E-state index in [4.69, 9.17) is 10.8 Å². The van der Waals surface area contributed by atoms with Crippen LogP contribution in [0.15, 0.2) is 12.1 Å². The third-order valence-corrected chi connectivity index (χ3v) is 2.04. The Kier molecular flexibility index (Phi) is 4.67. The molecule has 0 aliphatic carbocycles. The van der Waals surface area contributed by atoms with Gasteiger partial charge in [-0.3, -0.25) is 0 Å². The molecule has 0 heterocycles. The molecule has 0 radical (unpaired) electrons. The van der Waals surface area contributed by atoms with Gasteiger partial charge in [0.25, 0.3) is 0 Å². The van der Waals surface area contributed by atoms with Crippen LogP contribution in [0.5, 0.6) is 17.2 Å². The van der Waals surface area contributed by atoms with Crippen molar-refractivity contribution in [2.24, 2.45) is 5.73 Å². The molecule has 0 saturated carbocycles. The number of aliphatic hydroxyl groups excluding tert-OH is 1. The van der Waals surface area contributed by atoms with Crippen molar-refractivity contribution >= 4 is 12.4 Å². The number of hydrogen-bond donors (Lipinski definition) is 5. The van der Waals surface area contributed by atoms with E-state index < -0.39 is 29.4 Å². The van der Waals surface area contributed by atoms with Crippen molar-refractivity contribution in [1.29, 1.82) is 0 Å². The first-order valence-corrected chi connectivity index (χ1v) is 4.12. The van der Waals surface area contributed by atoms with Crippen molar-refractivity contribution in [2.75, 3.05) is 0 Å². The van der Waals surface area contributed by atoms with Gasteiger partial charge in [-0.2, -0.15) is 0 Å². The molecule has 0 unspecified atom stereocenters. The molecule has 0 aliphatic rings. The zero-order valence-corrected chi connectivity index (χ0v) is 8.90. The van der Waals surface area contributed by atoms with Crippen molar-refractivity contribution in [3.63, 3.8) is 0 Å². The fraction of sp³-hybridized carbons (Fsp3) is 0.333. The van der Waals surface area contributed by atoms with Gasteiger partial charge in [-0.1, -0.05) is 0 Å². The average molecular weight is 236 g/mol. The molecule has 0 amide bonds. The topological polar surface area (TPSA) is 107 Å². The number of aliphatic hydroxyl groups is 1. The molecular formula is C9H14ClNO4. The van der Waals surface area contributed by atoms with E-state index in [-0.39, 0.29) is 18.0 Å². The quantitative estimate of drug-likeness (QED) is 0.483. The Bertz CT molecular complexity index is 343. The van der Waals surface area contributed by atoms with E-state index in [9.17, 15) is 15.3 Å². The van der Waals surface area contributed by atoms with Crippen LogP contribution >= 0.6 is 12.4 Å². The highest BCUT2D eigenvalue weighted by atomic mass is 35.5. The first kappa shape index (κ1) is 13.8. The number of hydrogen-bond acceptors (Lipinski definition) is 5. The van der Waals surface area contributed by atoms with E-state index in [1.807, 2.05) is 0 Å². The van der Waals surface area contributed by atoms with Gasteiger partial charge in [0.2, 0.25) is 5.75 Å². The second kappa shape index (κ2) is 5.06. The minimum atomic E-state index is -0.857. The lowest BCUT2D eigenvalue weighted by molar-refractivity contribution is 0.162. The molecule has 86 valence electrons. The van der Waals surface area contributed by atoms with Crippen molar-refractivity contribution in [3.05, 3.63) is 17.7 Å². The Labute approximate surface area is 93.2 Å². The summed E-state index contributed by atoms with van der Waals surface area (Å²) in [4.78, 5) is 0. The molecule has 6 N–H and O–H groups in total. The lowest BCUT2D eigenvalue weighted by Gasteiger charge is -2.17. The molecule has 1 aromatic carbocycles. The number of phenolic OH excluding ortho intramolecular Hbond substituents is 3. The zero-order valence-electron chi connectivity index (χ0n) is 8.08. The lowest BCUT2D eigenvalue weighted by Crippen LogP contribution is -2.23. The predicted octanol–water partition coefficient (Wildman–Crippen LogP) is 0.606. The fourth-order valence-electron chi connectivity index (χ4n) is 1.11. The second-order valence-corrected chi connectivity index (χ2v) is 3.14. The fourth-order valence-corrected chi connectivity index (χ4v) is 1.11. The summed E-state index contributed by atoms with van der Waals surface area (Å²) in [5.74, 6) is -1.55. The van der Waals surface area contributed by atoms with Crippen molar-refractivity contribution in [1.82, 2.24) is 0 Å². The first-order valence-electron chi connectivity index (χ1n) is 4.12. The maximum absolute atomic E-state index is 9.40. The van der Waals surface area contributed by atoms with Gasteiger partial charge in [-0.05, 0) is 19.1 Å². The van der Waals surface area contributed by atoms with Crippen LogP contribution in [0.3, 0.4) is 0 Å². The number of nitrogens with two attached hydrogens (primary N) is 1. The zero-order chi connectivity index (χ0) is 10.9. The first-order chi connectivity index (χ1) is 6.45. The summed E-state index contributed by atoms with van der Waals surface area (Å²) in [5, 5.41) is 36.8. The predicted molar refractivity (Wildman–Crippen MR) is 57.3 cm³/mol. The van der Waals surface area contributed by atoms with Crippen LogP contribution in [0.1, 0.15) is 18.5 Å². The number of rotatable bonds is 2. The van der Waals surface area contributed by atoms with Crippen LogP contribution in [-0.4, -0.2) is 26.5 Å². The molecule has 1 rings (SSSR count). The molecule has 0 fully saturated rings. The van der Waals surface area contributed by atoms with E-state index in [2.05, 4.69) is 0 Å². The molecule has 1 aromatic rings. The highest BCUT2D eigenvalue weighted by molar-refractivity contribution is 5.85. The molecule has 0 saturated heterocycles. The molecule has 0 spiro atoms. The summed E-state index contributed by atoms with van der Waals surface area (Å²) in [6, 6.07) is 1.75. The molecule has 0 bridgehead atoms. The molecule has 0 aliphatic heterocycles. The van der Waals surface area contributed by atoms with E-state index in [0.717, 1.165) is 0 Å². The Hall–Kier alpha value is -1.17. The van der Waals surface area contributed by atoms with Gasteiger partial charge >= 0.3 is 0 Å². The van der Waals surface area contributed by atoms with Crippen LogP contribution in [0.25, 0.3) is 0 Å². The number of benzene rings is 1. The van der Waals surface area contributed by atoms with E-state index in [0.29, 0.717) is 0 Å². The SMILES string of the molecule is C[C@@H](O)[C@@H](N)c1ccc(O)c(O)c1O.Cl. The molecule has 0 aromatic heterocycles. The minimum Gasteiger partial charge on any atom is -0.504 e. The largest absolute Gasteiger partial charge is 0.504 e. The van der Waals surface area contributed by atoms with Gasteiger partial charge in [0, 0.05) is 5.56 Å². The van der Waals surface area contributed by atoms with Gasteiger partial charge in [0.05, 0.1) is 12.1 Å². The third-order valence-electron chi connectivity index (χ3n) is 2.04. The number of phenols is 3. The summed E-state index contributed by atoms with van der Waals surface area (Å²) in [7, 11) is 0. The average Bonchev–Trinajstić information content (AvgIpc) is 2.13. The highest BCUT2D eigenvalue weighted by Gasteiger charge is 2.19. The third kappa shape index (κ3) is 2.65. The summed E-state index contributed by atoms with van der Waals surface area (Å²) in [6.07, 6.45) is -0.857. The second-order valence-electron chi connectivity index (χ2n) is 3.14.